The number of hydrogen-bond donors (Lipinski definition) is 2. The zero-order valence-corrected chi connectivity index (χ0v) is 14.1. The fraction of sp³-hybridized carbons (Fsp3) is 0.579. The van der Waals surface area contributed by atoms with Gasteiger partial charge < -0.3 is 15.2 Å². The van der Waals surface area contributed by atoms with Crippen LogP contribution in [0.15, 0.2) is 24.3 Å². The van der Waals surface area contributed by atoms with Gasteiger partial charge in [-0.1, -0.05) is 37.8 Å². The number of hydrogen-bond acceptors (Lipinski definition) is 3. The van der Waals surface area contributed by atoms with E-state index in [2.05, 4.69) is 5.32 Å². The standard InChI is InChI=1S/C19H27NO4/c21-18(13-16-5-3-1-2-4-6-16)20-12-11-15-7-9-17(10-8-15)24-14-19(22)23/h7-10,16H,1-6,11-14H2,(H,20,21)(H,22,23). The van der Waals surface area contributed by atoms with Crippen molar-refractivity contribution in [2.24, 2.45) is 5.92 Å². The zero-order chi connectivity index (χ0) is 17.2. The first-order chi connectivity index (χ1) is 11.6. The van der Waals surface area contributed by atoms with E-state index in [0.717, 1.165) is 12.0 Å². The number of carbonyl (C=O) groups excluding carboxylic acids is 1. The Bertz CT molecular complexity index is 519. The second-order valence-electron chi connectivity index (χ2n) is 6.49. The third-order valence-electron chi connectivity index (χ3n) is 4.47. The summed E-state index contributed by atoms with van der Waals surface area (Å²) in [5.74, 6) is 0.260. The van der Waals surface area contributed by atoms with Crippen molar-refractivity contribution in [3.8, 4) is 5.75 Å². The van der Waals surface area contributed by atoms with Crippen molar-refractivity contribution >= 4 is 11.9 Å². The number of carbonyl (C=O) groups is 2. The quantitative estimate of drug-likeness (QED) is 0.717. The van der Waals surface area contributed by atoms with Gasteiger partial charge in [0, 0.05) is 13.0 Å². The van der Waals surface area contributed by atoms with Crippen LogP contribution in [0.2, 0.25) is 0 Å². The Morgan fingerprint density at radius 1 is 1.08 bits per heavy atom. The molecule has 2 N–H and O–H groups in total. The highest BCUT2D eigenvalue weighted by Crippen LogP contribution is 2.25. The van der Waals surface area contributed by atoms with Gasteiger partial charge in [-0.3, -0.25) is 4.79 Å². The Morgan fingerprint density at radius 2 is 1.75 bits per heavy atom. The van der Waals surface area contributed by atoms with Gasteiger partial charge in [-0.15, -0.1) is 0 Å². The van der Waals surface area contributed by atoms with E-state index in [0.29, 0.717) is 24.6 Å². The lowest BCUT2D eigenvalue weighted by atomic mass is 9.96. The van der Waals surface area contributed by atoms with Crippen LogP contribution in [0.25, 0.3) is 0 Å². The molecular weight excluding hydrogens is 306 g/mol. The average molecular weight is 333 g/mol. The maximum Gasteiger partial charge on any atom is 0.341 e. The molecule has 5 heteroatoms. The lowest BCUT2D eigenvalue weighted by Crippen LogP contribution is -2.27. The molecule has 132 valence electrons. The van der Waals surface area contributed by atoms with Crippen molar-refractivity contribution in [2.75, 3.05) is 13.2 Å². The summed E-state index contributed by atoms with van der Waals surface area (Å²) in [6, 6.07) is 7.31. The molecule has 1 saturated carbocycles. The molecule has 2 rings (SSSR count). The van der Waals surface area contributed by atoms with E-state index in [-0.39, 0.29) is 12.5 Å². The predicted octanol–water partition coefficient (Wildman–Crippen LogP) is 3.17. The van der Waals surface area contributed by atoms with Crippen molar-refractivity contribution in [3.63, 3.8) is 0 Å². The van der Waals surface area contributed by atoms with Crippen LogP contribution in [0.3, 0.4) is 0 Å². The van der Waals surface area contributed by atoms with Crippen molar-refractivity contribution in [1.82, 2.24) is 5.32 Å². The van der Waals surface area contributed by atoms with Crippen LogP contribution in [0.4, 0.5) is 0 Å². The number of aliphatic carboxylic acids is 1. The van der Waals surface area contributed by atoms with Gasteiger partial charge in [0.25, 0.3) is 0 Å². The first kappa shape index (κ1) is 18.3. The topological polar surface area (TPSA) is 75.6 Å². The number of rotatable bonds is 8. The summed E-state index contributed by atoms with van der Waals surface area (Å²) < 4.78 is 5.09. The Kier molecular flexibility index (Phi) is 7.59. The minimum absolute atomic E-state index is 0.156. The third-order valence-corrected chi connectivity index (χ3v) is 4.47. The Balaban J connectivity index is 1.65. The second kappa shape index (κ2) is 9.96. The first-order valence-electron chi connectivity index (χ1n) is 8.83. The van der Waals surface area contributed by atoms with Crippen LogP contribution in [0.5, 0.6) is 5.75 Å². The van der Waals surface area contributed by atoms with Gasteiger partial charge in [0.05, 0.1) is 0 Å². The molecule has 1 amide bonds. The molecule has 1 aromatic rings. The maximum absolute atomic E-state index is 12.0. The molecule has 0 bridgehead atoms. The fourth-order valence-corrected chi connectivity index (χ4v) is 3.15. The lowest BCUT2D eigenvalue weighted by molar-refractivity contribution is -0.139. The normalized spacial score (nSPS) is 15.5. The smallest absolute Gasteiger partial charge is 0.341 e. The van der Waals surface area contributed by atoms with Gasteiger partial charge in [-0.25, -0.2) is 4.79 Å². The Hall–Kier alpha value is -2.04. The van der Waals surface area contributed by atoms with Gasteiger partial charge in [-0.05, 0) is 42.9 Å². The van der Waals surface area contributed by atoms with E-state index in [4.69, 9.17) is 9.84 Å². The van der Waals surface area contributed by atoms with Gasteiger partial charge in [0.1, 0.15) is 5.75 Å². The number of carboxylic acid groups (broad SMARTS) is 1. The summed E-state index contributed by atoms with van der Waals surface area (Å²) in [5.41, 5.74) is 1.09. The highest BCUT2D eigenvalue weighted by molar-refractivity contribution is 5.76. The van der Waals surface area contributed by atoms with E-state index in [1.165, 1.54) is 38.5 Å². The molecule has 1 aliphatic rings. The van der Waals surface area contributed by atoms with Gasteiger partial charge in [0.15, 0.2) is 6.61 Å². The molecule has 1 fully saturated rings. The molecule has 1 aromatic carbocycles. The summed E-state index contributed by atoms with van der Waals surface area (Å²) in [4.78, 5) is 22.5. The summed E-state index contributed by atoms with van der Waals surface area (Å²) in [6.07, 6.45) is 8.92. The molecule has 0 atom stereocenters. The molecular formula is C19H27NO4. The van der Waals surface area contributed by atoms with Gasteiger partial charge in [-0.2, -0.15) is 0 Å². The fourth-order valence-electron chi connectivity index (χ4n) is 3.15. The predicted molar refractivity (Wildman–Crippen MR) is 92.1 cm³/mol. The van der Waals surface area contributed by atoms with E-state index < -0.39 is 5.97 Å². The number of nitrogens with one attached hydrogen (secondary N) is 1. The average Bonchev–Trinajstić information content (AvgIpc) is 2.82. The van der Waals surface area contributed by atoms with Gasteiger partial charge >= 0.3 is 5.97 Å². The second-order valence-corrected chi connectivity index (χ2v) is 6.49. The highest BCUT2D eigenvalue weighted by Gasteiger charge is 2.15. The Morgan fingerprint density at radius 3 is 2.38 bits per heavy atom. The number of ether oxygens (including phenoxy) is 1. The largest absolute Gasteiger partial charge is 0.482 e. The van der Waals surface area contributed by atoms with Crippen LogP contribution < -0.4 is 10.1 Å². The van der Waals surface area contributed by atoms with Crippen molar-refractivity contribution in [1.29, 1.82) is 0 Å². The van der Waals surface area contributed by atoms with E-state index in [9.17, 15) is 9.59 Å². The first-order valence-corrected chi connectivity index (χ1v) is 8.83. The molecule has 0 aromatic heterocycles. The maximum atomic E-state index is 12.0. The zero-order valence-electron chi connectivity index (χ0n) is 14.1. The van der Waals surface area contributed by atoms with Crippen LogP contribution >= 0.6 is 0 Å². The molecule has 0 spiro atoms. The highest BCUT2D eigenvalue weighted by atomic mass is 16.5. The summed E-state index contributed by atoms with van der Waals surface area (Å²) in [6.45, 7) is 0.289. The molecule has 0 unspecified atom stereocenters. The number of amides is 1. The molecule has 0 saturated heterocycles. The summed E-state index contributed by atoms with van der Waals surface area (Å²) in [7, 11) is 0. The van der Waals surface area contributed by atoms with E-state index >= 15 is 0 Å². The lowest BCUT2D eigenvalue weighted by Gasteiger charge is -2.13. The Labute approximate surface area is 143 Å². The molecule has 1 aliphatic carbocycles. The molecule has 0 radical (unpaired) electrons. The monoisotopic (exact) mass is 333 g/mol. The van der Waals surface area contributed by atoms with Crippen molar-refractivity contribution in [2.45, 2.75) is 51.4 Å². The van der Waals surface area contributed by atoms with Crippen LogP contribution in [-0.2, 0) is 16.0 Å². The third kappa shape index (κ3) is 7.02. The minimum atomic E-state index is -0.990. The van der Waals surface area contributed by atoms with Crippen molar-refractivity contribution < 1.29 is 19.4 Å². The minimum Gasteiger partial charge on any atom is -0.482 e. The van der Waals surface area contributed by atoms with Crippen LogP contribution in [0.1, 0.15) is 50.5 Å². The van der Waals surface area contributed by atoms with Crippen LogP contribution in [-0.4, -0.2) is 30.1 Å². The van der Waals surface area contributed by atoms with Crippen molar-refractivity contribution in [3.05, 3.63) is 29.8 Å². The van der Waals surface area contributed by atoms with E-state index in [1.807, 2.05) is 12.1 Å². The molecule has 5 nitrogen and oxygen atoms in total. The summed E-state index contributed by atoms with van der Waals surface area (Å²) in [5, 5.41) is 11.6. The van der Waals surface area contributed by atoms with Crippen LogP contribution in [0, 0.1) is 5.92 Å². The molecule has 0 aliphatic heterocycles. The van der Waals surface area contributed by atoms with Gasteiger partial charge in [0.2, 0.25) is 5.91 Å². The number of benzene rings is 1. The molecule has 24 heavy (non-hydrogen) atoms. The molecule has 0 heterocycles. The van der Waals surface area contributed by atoms with E-state index in [1.54, 1.807) is 12.1 Å². The number of carboxylic acids is 1. The SMILES string of the molecule is O=C(O)COc1ccc(CCNC(=O)CC2CCCCCC2)cc1. The summed E-state index contributed by atoms with van der Waals surface area (Å²) >= 11 is 0.